The topological polar surface area (TPSA) is 213 Å². The number of rotatable bonds is 2. The van der Waals surface area contributed by atoms with Crippen molar-refractivity contribution in [1.29, 1.82) is 0 Å². The fourth-order valence-electron chi connectivity index (χ4n) is 0.492. The second kappa shape index (κ2) is 28.4. The Hall–Kier alpha value is -1.77. The minimum Gasteiger partial charge on any atom is -0.550 e. The first-order valence-corrected chi connectivity index (χ1v) is 5.54. The molecule has 0 aliphatic carbocycles. The van der Waals surface area contributed by atoms with Crippen LogP contribution in [0.25, 0.3) is 0 Å². The number of carbonyl (C=O) groups excluding carboxylic acids is 4. The molecule has 0 spiro atoms. The van der Waals surface area contributed by atoms with E-state index in [0.717, 1.165) is 13.8 Å². The average molecular weight is 517 g/mol. The van der Waals surface area contributed by atoms with E-state index in [4.69, 9.17) is 19.8 Å². The SMILES string of the molecule is CC(=O)[O-].CC(=O)[O-].CC(C)=C(C(=O)[O-])C(=O)[O-].CN.CN.[Pt+4]. The van der Waals surface area contributed by atoms with Crippen molar-refractivity contribution < 1.29 is 60.7 Å². The first-order valence-electron chi connectivity index (χ1n) is 5.54. The Morgan fingerprint density at radius 3 is 0.739 bits per heavy atom. The standard InChI is InChI=1S/C6H8O4.2C2H4O2.2CH5N.Pt/c1-3(2)4(5(7)8)6(9)10;2*1-2(3)4;2*1-2;/h1-2H3,(H,7,8)(H,9,10);2*1H3,(H,3,4);2*2H2,1H3;/q;;;;;+4/p-4. The van der Waals surface area contributed by atoms with E-state index in [-0.39, 0.29) is 26.6 Å². The second-order valence-electron chi connectivity index (χ2n) is 2.93. The molecular weight excluding hydrogens is 495 g/mol. The molecule has 0 atom stereocenters. The van der Waals surface area contributed by atoms with E-state index in [0.29, 0.717) is 0 Å². The zero-order valence-electron chi connectivity index (χ0n) is 13.7. The van der Waals surface area contributed by atoms with Crippen LogP contribution in [-0.4, -0.2) is 38.0 Å². The van der Waals surface area contributed by atoms with E-state index < -0.39 is 29.5 Å². The molecule has 0 rings (SSSR count). The maximum atomic E-state index is 9.99. The third kappa shape index (κ3) is 64.2. The van der Waals surface area contributed by atoms with Crippen molar-refractivity contribution >= 4 is 23.9 Å². The molecule has 4 N–H and O–H groups in total. The number of aliphatic carboxylic acids is 4. The molecule has 0 radical (unpaired) electrons. The molecule has 0 aliphatic heterocycles. The number of hydrogen-bond donors (Lipinski definition) is 2. The van der Waals surface area contributed by atoms with Crippen molar-refractivity contribution in [2.45, 2.75) is 27.7 Å². The van der Waals surface area contributed by atoms with Crippen LogP contribution in [0.3, 0.4) is 0 Å². The molecule has 0 aliphatic rings. The third-order valence-corrected chi connectivity index (χ3v) is 0.908. The first-order chi connectivity index (χ1) is 9.93. The van der Waals surface area contributed by atoms with Gasteiger partial charge in [-0.25, -0.2) is 0 Å². The molecule has 138 valence electrons. The number of hydrogen-bond acceptors (Lipinski definition) is 10. The molecule has 0 saturated carbocycles. The summed E-state index contributed by atoms with van der Waals surface area (Å²) < 4.78 is 0. The molecule has 0 aromatic heterocycles. The maximum Gasteiger partial charge on any atom is 4.00 e. The molecule has 0 aromatic rings. The number of allylic oxidation sites excluding steroid dienone is 1. The van der Waals surface area contributed by atoms with E-state index in [1.165, 1.54) is 27.9 Å². The maximum absolute atomic E-state index is 9.99. The van der Waals surface area contributed by atoms with Crippen LogP contribution < -0.4 is 31.9 Å². The zero-order chi connectivity index (χ0) is 19.5. The summed E-state index contributed by atoms with van der Waals surface area (Å²) in [6.45, 7) is 4.67. The van der Waals surface area contributed by atoms with Crippen molar-refractivity contribution in [3.8, 4) is 0 Å². The van der Waals surface area contributed by atoms with Crippen molar-refractivity contribution in [3.05, 3.63) is 11.1 Å². The Bertz CT molecular complexity index is 330. The Morgan fingerprint density at radius 2 is 0.739 bits per heavy atom. The summed E-state index contributed by atoms with van der Waals surface area (Å²) >= 11 is 0. The molecule has 0 amide bonds. The van der Waals surface area contributed by atoms with E-state index in [2.05, 4.69) is 11.5 Å². The van der Waals surface area contributed by atoms with Gasteiger partial charge in [-0.3, -0.25) is 0 Å². The molecule has 0 bridgehead atoms. The van der Waals surface area contributed by atoms with E-state index in [9.17, 15) is 19.8 Å². The van der Waals surface area contributed by atoms with Crippen molar-refractivity contribution in [2.75, 3.05) is 14.1 Å². The summed E-state index contributed by atoms with van der Waals surface area (Å²) in [6, 6.07) is 0. The van der Waals surface area contributed by atoms with Crippen molar-refractivity contribution in [1.82, 2.24) is 0 Å². The van der Waals surface area contributed by atoms with Crippen molar-refractivity contribution in [3.63, 3.8) is 0 Å². The van der Waals surface area contributed by atoms with Crippen LogP contribution >= 0.6 is 0 Å². The quantitative estimate of drug-likeness (QED) is 0.201. The molecular formula is C12H22N2O8Pt. The third-order valence-electron chi connectivity index (χ3n) is 0.908. The van der Waals surface area contributed by atoms with Crippen LogP contribution in [0.5, 0.6) is 0 Å². The van der Waals surface area contributed by atoms with Crippen LogP contribution in [0.2, 0.25) is 0 Å². The number of nitrogens with two attached hydrogens (primary N) is 2. The molecule has 10 nitrogen and oxygen atoms in total. The summed E-state index contributed by atoms with van der Waals surface area (Å²) in [7, 11) is 3.00. The van der Waals surface area contributed by atoms with E-state index in [1.54, 1.807) is 0 Å². The van der Waals surface area contributed by atoms with Gasteiger partial charge in [-0.2, -0.15) is 0 Å². The number of carboxylic acid groups (broad SMARTS) is 4. The molecule has 0 saturated heterocycles. The summed E-state index contributed by atoms with van der Waals surface area (Å²) in [5, 5.41) is 37.8. The van der Waals surface area contributed by atoms with Gasteiger partial charge in [-0.15, -0.1) is 0 Å². The summed E-state index contributed by atoms with van der Waals surface area (Å²) in [5.74, 6) is -5.58. The van der Waals surface area contributed by atoms with Gasteiger partial charge in [0.25, 0.3) is 0 Å². The predicted molar refractivity (Wildman–Crippen MR) is 70.0 cm³/mol. The molecule has 0 unspecified atom stereocenters. The van der Waals surface area contributed by atoms with Gasteiger partial charge in [0.15, 0.2) is 0 Å². The molecule has 11 heteroatoms. The van der Waals surface area contributed by atoms with Crippen LogP contribution in [0.15, 0.2) is 11.1 Å². The Labute approximate surface area is 149 Å². The number of carboxylic acids is 4. The monoisotopic (exact) mass is 517 g/mol. The normalized spacial score (nSPS) is 6.43. The van der Waals surface area contributed by atoms with Gasteiger partial charge in [0.1, 0.15) is 0 Å². The minimum absolute atomic E-state index is 0. The average Bonchev–Trinajstić information content (AvgIpc) is 2.30. The van der Waals surface area contributed by atoms with Crippen LogP contribution in [0, 0.1) is 0 Å². The summed E-state index contributed by atoms with van der Waals surface area (Å²) in [5.41, 5.74) is 8.39. The van der Waals surface area contributed by atoms with E-state index >= 15 is 0 Å². The smallest absolute Gasteiger partial charge is 0.550 e. The molecule has 0 aromatic carbocycles. The Kier molecular flexibility index (Phi) is 46.2. The van der Waals surface area contributed by atoms with Crippen LogP contribution in [0.1, 0.15) is 27.7 Å². The van der Waals surface area contributed by atoms with Gasteiger partial charge in [0.05, 0.1) is 11.9 Å². The fourth-order valence-corrected chi connectivity index (χ4v) is 0.492. The Balaban J connectivity index is -0.0000000469. The minimum atomic E-state index is -1.71. The van der Waals surface area contributed by atoms with Crippen LogP contribution in [0.4, 0.5) is 0 Å². The van der Waals surface area contributed by atoms with E-state index in [1.807, 2.05) is 0 Å². The van der Waals surface area contributed by atoms with Gasteiger partial charge >= 0.3 is 21.1 Å². The molecule has 0 heterocycles. The molecule has 23 heavy (non-hydrogen) atoms. The Morgan fingerprint density at radius 1 is 0.609 bits per heavy atom. The van der Waals surface area contributed by atoms with Gasteiger partial charge in [-0.1, -0.05) is 5.57 Å². The summed E-state index contributed by atoms with van der Waals surface area (Å²) in [4.78, 5) is 37.8. The largest absolute Gasteiger partial charge is 4.00 e. The second-order valence-corrected chi connectivity index (χ2v) is 2.93. The predicted octanol–water partition coefficient (Wildman–Crippen LogP) is -5.52. The van der Waals surface area contributed by atoms with Gasteiger partial charge in [0, 0.05) is 17.5 Å². The molecule has 0 fully saturated rings. The fraction of sp³-hybridized carbons (Fsp3) is 0.500. The number of carbonyl (C=O) groups is 4. The zero-order valence-corrected chi connectivity index (χ0v) is 16.0. The van der Waals surface area contributed by atoms with Crippen molar-refractivity contribution in [2.24, 2.45) is 11.5 Å². The van der Waals surface area contributed by atoms with Gasteiger partial charge in [-0.05, 0) is 41.8 Å². The first kappa shape index (κ1) is 37.5. The van der Waals surface area contributed by atoms with Gasteiger partial charge < -0.3 is 51.1 Å². The van der Waals surface area contributed by atoms with Gasteiger partial charge in [0.2, 0.25) is 0 Å². The summed E-state index contributed by atoms with van der Waals surface area (Å²) in [6.07, 6.45) is 0. The van der Waals surface area contributed by atoms with Crippen LogP contribution in [-0.2, 0) is 40.2 Å².